The Balaban J connectivity index is 1.84. The first-order chi connectivity index (χ1) is 11.6. The normalized spacial score (nSPS) is 11.2. The fourth-order valence-electron chi connectivity index (χ4n) is 2.48. The predicted molar refractivity (Wildman–Crippen MR) is 92.5 cm³/mol. The van der Waals surface area contributed by atoms with Gasteiger partial charge in [-0.05, 0) is 17.7 Å². The summed E-state index contributed by atoms with van der Waals surface area (Å²) in [5.41, 5.74) is 1.65. The molecule has 4 aromatic rings. The number of fused-ring (bicyclic) bond motifs is 1. The average Bonchev–Trinajstić information content (AvgIpc) is 3.18. The summed E-state index contributed by atoms with van der Waals surface area (Å²) in [5.74, 6) is 0.906. The molecule has 1 aromatic carbocycles. The van der Waals surface area contributed by atoms with Crippen molar-refractivity contribution >= 4 is 33.2 Å². The third-order valence-corrected chi connectivity index (χ3v) is 4.74. The molecule has 0 unspecified atom stereocenters. The fourth-order valence-corrected chi connectivity index (χ4v) is 3.51. The van der Waals surface area contributed by atoms with Crippen molar-refractivity contribution < 1.29 is 4.52 Å². The molecule has 0 aliphatic heterocycles. The zero-order valence-electron chi connectivity index (χ0n) is 12.6. The number of hydrogen-bond acceptors (Lipinski definition) is 6. The van der Waals surface area contributed by atoms with E-state index in [1.54, 1.807) is 19.1 Å². The Labute approximate surface area is 145 Å². The molecule has 3 heterocycles. The van der Waals surface area contributed by atoms with E-state index in [9.17, 15) is 4.79 Å². The highest BCUT2D eigenvalue weighted by Crippen LogP contribution is 2.31. The molecule has 0 N–H and O–H groups in total. The van der Waals surface area contributed by atoms with Gasteiger partial charge in [0.2, 0.25) is 5.89 Å². The van der Waals surface area contributed by atoms with Crippen LogP contribution in [0, 0.1) is 6.92 Å². The molecule has 0 aliphatic carbocycles. The number of thiophene rings is 1. The van der Waals surface area contributed by atoms with Crippen LogP contribution in [0.4, 0.5) is 0 Å². The van der Waals surface area contributed by atoms with Crippen molar-refractivity contribution in [2.45, 2.75) is 13.5 Å². The van der Waals surface area contributed by atoms with Gasteiger partial charge in [-0.25, -0.2) is 4.98 Å². The number of aryl methyl sites for hydroxylation is 1. The SMILES string of the molecule is Cc1nc(Cn2cnc3scc(-c4ccc(Cl)cc4)c3c2=O)no1. The van der Waals surface area contributed by atoms with Crippen molar-refractivity contribution in [1.29, 1.82) is 0 Å². The molecule has 0 bridgehead atoms. The molecule has 0 saturated heterocycles. The lowest BCUT2D eigenvalue weighted by Gasteiger charge is -2.04. The minimum Gasteiger partial charge on any atom is -0.340 e. The summed E-state index contributed by atoms with van der Waals surface area (Å²) in [6, 6.07) is 7.39. The van der Waals surface area contributed by atoms with Crippen molar-refractivity contribution in [2.24, 2.45) is 0 Å². The highest BCUT2D eigenvalue weighted by Gasteiger charge is 2.14. The largest absolute Gasteiger partial charge is 0.340 e. The third-order valence-electron chi connectivity index (χ3n) is 3.60. The number of benzene rings is 1. The van der Waals surface area contributed by atoms with Crippen LogP contribution in [0.15, 0.2) is 45.3 Å². The maximum absolute atomic E-state index is 12.9. The van der Waals surface area contributed by atoms with Crippen molar-refractivity contribution in [3.05, 3.63) is 63.1 Å². The number of nitrogens with zero attached hydrogens (tertiary/aromatic N) is 4. The second kappa shape index (κ2) is 5.85. The maximum Gasteiger partial charge on any atom is 0.263 e. The van der Waals surface area contributed by atoms with Crippen LogP contribution in [0.5, 0.6) is 0 Å². The Hall–Kier alpha value is -2.51. The van der Waals surface area contributed by atoms with E-state index in [1.807, 2.05) is 17.5 Å². The van der Waals surface area contributed by atoms with Crippen LogP contribution >= 0.6 is 22.9 Å². The summed E-state index contributed by atoms with van der Waals surface area (Å²) < 4.78 is 6.43. The molecule has 3 aromatic heterocycles. The van der Waals surface area contributed by atoms with Gasteiger partial charge in [0.25, 0.3) is 5.56 Å². The summed E-state index contributed by atoms with van der Waals surface area (Å²) in [6.07, 6.45) is 1.51. The Morgan fingerprint density at radius 1 is 1.29 bits per heavy atom. The molecular formula is C16H11ClN4O2S. The first-order valence-electron chi connectivity index (χ1n) is 7.13. The van der Waals surface area contributed by atoms with E-state index in [0.717, 1.165) is 11.1 Å². The maximum atomic E-state index is 12.9. The number of rotatable bonds is 3. The van der Waals surface area contributed by atoms with Crippen LogP contribution in [0.1, 0.15) is 11.7 Å². The highest BCUT2D eigenvalue weighted by atomic mass is 35.5. The zero-order valence-corrected chi connectivity index (χ0v) is 14.1. The number of halogens is 1. The Morgan fingerprint density at radius 3 is 2.79 bits per heavy atom. The molecule has 120 valence electrons. The van der Waals surface area contributed by atoms with Crippen LogP contribution in [0.25, 0.3) is 21.3 Å². The molecule has 0 aliphatic rings. The molecule has 0 amide bonds. The van der Waals surface area contributed by atoms with Gasteiger partial charge in [-0.2, -0.15) is 4.98 Å². The van der Waals surface area contributed by atoms with E-state index in [4.69, 9.17) is 16.1 Å². The first kappa shape index (κ1) is 15.0. The van der Waals surface area contributed by atoms with Crippen molar-refractivity contribution in [1.82, 2.24) is 19.7 Å². The lowest BCUT2D eigenvalue weighted by molar-refractivity contribution is 0.386. The van der Waals surface area contributed by atoms with Gasteiger partial charge in [-0.15, -0.1) is 11.3 Å². The highest BCUT2D eigenvalue weighted by molar-refractivity contribution is 7.17. The van der Waals surface area contributed by atoms with Gasteiger partial charge in [0.15, 0.2) is 5.82 Å². The van der Waals surface area contributed by atoms with Gasteiger partial charge < -0.3 is 4.52 Å². The standard InChI is InChI=1S/C16H11ClN4O2S/c1-9-19-13(20-23-9)6-21-8-18-15-14(16(21)22)12(7-24-15)10-2-4-11(17)5-3-10/h2-5,7-8H,6H2,1H3. The van der Waals surface area contributed by atoms with Crippen LogP contribution in [-0.2, 0) is 6.54 Å². The van der Waals surface area contributed by atoms with E-state index < -0.39 is 0 Å². The van der Waals surface area contributed by atoms with Crippen molar-refractivity contribution in [2.75, 3.05) is 0 Å². The van der Waals surface area contributed by atoms with E-state index >= 15 is 0 Å². The van der Waals surface area contributed by atoms with E-state index in [1.165, 1.54) is 22.2 Å². The van der Waals surface area contributed by atoms with Gasteiger partial charge in [0.05, 0.1) is 18.3 Å². The molecule has 0 fully saturated rings. The summed E-state index contributed by atoms with van der Waals surface area (Å²) in [6.45, 7) is 1.92. The van der Waals surface area contributed by atoms with Crippen LogP contribution in [0.3, 0.4) is 0 Å². The topological polar surface area (TPSA) is 73.8 Å². The minimum absolute atomic E-state index is 0.131. The molecule has 0 radical (unpaired) electrons. The van der Waals surface area contributed by atoms with Crippen molar-refractivity contribution in [3.8, 4) is 11.1 Å². The lowest BCUT2D eigenvalue weighted by Crippen LogP contribution is -2.21. The molecule has 8 heteroatoms. The Bertz CT molecular complexity index is 1080. The lowest BCUT2D eigenvalue weighted by atomic mass is 10.1. The number of hydrogen-bond donors (Lipinski definition) is 0. The van der Waals surface area contributed by atoms with Crippen molar-refractivity contribution in [3.63, 3.8) is 0 Å². The van der Waals surface area contributed by atoms with Gasteiger partial charge in [0, 0.05) is 22.9 Å². The van der Waals surface area contributed by atoms with Crippen LogP contribution in [0.2, 0.25) is 5.02 Å². The third kappa shape index (κ3) is 2.61. The van der Waals surface area contributed by atoms with Gasteiger partial charge in [-0.1, -0.05) is 28.9 Å². The summed E-state index contributed by atoms with van der Waals surface area (Å²) in [4.78, 5) is 22.1. The second-order valence-electron chi connectivity index (χ2n) is 5.24. The Morgan fingerprint density at radius 2 is 2.08 bits per heavy atom. The molecule has 24 heavy (non-hydrogen) atoms. The quantitative estimate of drug-likeness (QED) is 0.560. The minimum atomic E-state index is -0.131. The molecular weight excluding hydrogens is 348 g/mol. The summed E-state index contributed by atoms with van der Waals surface area (Å²) in [7, 11) is 0. The molecule has 0 atom stereocenters. The Kier molecular flexibility index (Phi) is 3.66. The monoisotopic (exact) mass is 358 g/mol. The fraction of sp³-hybridized carbons (Fsp3) is 0.125. The molecule has 0 spiro atoms. The second-order valence-corrected chi connectivity index (χ2v) is 6.54. The van der Waals surface area contributed by atoms with Crippen LogP contribution in [-0.4, -0.2) is 19.7 Å². The summed E-state index contributed by atoms with van der Waals surface area (Å²) in [5, 5.41) is 7.00. The van der Waals surface area contributed by atoms with Gasteiger partial charge in [-0.3, -0.25) is 9.36 Å². The number of aromatic nitrogens is 4. The van der Waals surface area contributed by atoms with Gasteiger partial charge >= 0.3 is 0 Å². The smallest absolute Gasteiger partial charge is 0.263 e. The van der Waals surface area contributed by atoms with E-state index in [0.29, 0.717) is 27.0 Å². The average molecular weight is 359 g/mol. The zero-order chi connectivity index (χ0) is 16.7. The van der Waals surface area contributed by atoms with E-state index in [-0.39, 0.29) is 12.1 Å². The van der Waals surface area contributed by atoms with Crippen LogP contribution < -0.4 is 5.56 Å². The summed E-state index contributed by atoms with van der Waals surface area (Å²) >= 11 is 7.38. The molecule has 6 nitrogen and oxygen atoms in total. The van der Waals surface area contributed by atoms with E-state index in [2.05, 4.69) is 15.1 Å². The molecule has 4 rings (SSSR count). The molecule has 0 saturated carbocycles. The first-order valence-corrected chi connectivity index (χ1v) is 8.39. The predicted octanol–water partition coefficient (Wildman–Crippen LogP) is 3.52. The van der Waals surface area contributed by atoms with Gasteiger partial charge in [0.1, 0.15) is 4.83 Å².